The van der Waals surface area contributed by atoms with Crippen molar-refractivity contribution in [2.75, 3.05) is 19.6 Å². The van der Waals surface area contributed by atoms with Gasteiger partial charge in [0.05, 0.1) is 11.6 Å². The first-order valence-electron chi connectivity index (χ1n) is 8.27. The van der Waals surface area contributed by atoms with Crippen LogP contribution >= 0.6 is 46.9 Å². The van der Waals surface area contributed by atoms with E-state index in [-0.39, 0.29) is 30.5 Å². The van der Waals surface area contributed by atoms with Crippen LogP contribution in [0.2, 0.25) is 5.02 Å². The lowest BCUT2D eigenvalue weighted by atomic mass is 10.1. The number of hydrogen-bond acceptors (Lipinski definition) is 4. The standard InChI is InChI=1S/C17H20ClF3N4OS.HI/c1-2-22-16(24-9-13(26)11-5-3-4-6-12(11)18)23-8-7-15-25-14(10-27-15)17(19,20)21;/h3-6,10,13,26H,2,7-9H2,1H3,(H2,22,23,24);1H. The molecule has 0 aliphatic carbocycles. The van der Waals surface area contributed by atoms with Crippen LogP contribution in [0.3, 0.4) is 0 Å². The van der Waals surface area contributed by atoms with E-state index < -0.39 is 18.0 Å². The van der Waals surface area contributed by atoms with Gasteiger partial charge in [-0.15, -0.1) is 35.3 Å². The van der Waals surface area contributed by atoms with Gasteiger partial charge in [0, 0.05) is 35.5 Å². The third kappa shape index (κ3) is 7.72. The van der Waals surface area contributed by atoms with Gasteiger partial charge in [0.15, 0.2) is 11.7 Å². The Balaban J connectivity index is 0.00000392. The fourth-order valence-corrected chi connectivity index (χ4v) is 3.27. The van der Waals surface area contributed by atoms with Gasteiger partial charge in [0.1, 0.15) is 6.10 Å². The van der Waals surface area contributed by atoms with Crippen LogP contribution in [0.4, 0.5) is 13.2 Å². The second-order valence-electron chi connectivity index (χ2n) is 5.56. The summed E-state index contributed by atoms with van der Waals surface area (Å²) in [4.78, 5) is 7.88. The van der Waals surface area contributed by atoms with Crippen LogP contribution in [0.1, 0.15) is 29.3 Å². The first-order valence-corrected chi connectivity index (χ1v) is 9.53. The number of thiazole rings is 1. The molecule has 0 amide bonds. The number of aromatic nitrogens is 1. The highest BCUT2D eigenvalue weighted by Crippen LogP contribution is 2.30. The Morgan fingerprint density at radius 1 is 1.32 bits per heavy atom. The number of hydrogen-bond donors (Lipinski definition) is 3. The van der Waals surface area contributed by atoms with Crippen molar-refractivity contribution in [3.63, 3.8) is 0 Å². The molecule has 156 valence electrons. The van der Waals surface area contributed by atoms with Gasteiger partial charge in [-0.2, -0.15) is 13.2 Å². The van der Waals surface area contributed by atoms with Gasteiger partial charge in [-0.3, -0.25) is 4.99 Å². The number of nitrogens with one attached hydrogen (secondary N) is 2. The van der Waals surface area contributed by atoms with E-state index in [1.165, 1.54) is 0 Å². The molecule has 0 aliphatic rings. The van der Waals surface area contributed by atoms with Crippen LogP contribution in [0.15, 0.2) is 34.6 Å². The molecule has 0 radical (unpaired) electrons. The van der Waals surface area contributed by atoms with Gasteiger partial charge < -0.3 is 15.7 Å². The molecule has 2 aromatic rings. The molecule has 3 N–H and O–H groups in total. The molecule has 2 rings (SSSR count). The first kappa shape index (κ1) is 24.9. The highest BCUT2D eigenvalue weighted by Gasteiger charge is 2.33. The fourth-order valence-electron chi connectivity index (χ4n) is 2.21. The lowest BCUT2D eigenvalue weighted by molar-refractivity contribution is -0.140. The molecular weight excluding hydrogens is 528 g/mol. The summed E-state index contributed by atoms with van der Waals surface area (Å²) in [6.45, 7) is 2.94. The van der Waals surface area contributed by atoms with Gasteiger partial charge in [-0.1, -0.05) is 29.8 Å². The Bertz CT molecular complexity index is 773. The molecular formula is C17H21ClF3IN4OS. The number of aliphatic hydroxyl groups excluding tert-OH is 1. The Labute approximate surface area is 187 Å². The molecule has 1 aromatic carbocycles. The van der Waals surface area contributed by atoms with E-state index in [4.69, 9.17) is 11.6 Å². The van der Waals surface area contributed by atoms with Gasteiger partial charge in [0.25, 0.3) is 0 Å². The van der Waals surface area contributed by atoms with Gasteiger partial charge in [-0.25, -0.2) is 4.98 Å². The number of aliphatic hydroxyl groups is 1. The predicted molar refractivity (Wildman–Crippen MR) is 117 cm³/mol. The molecule has 5 nitrogen and oxygen atoms in total. The lowest BCUT2D eigenvalue weighted by Gasteiger charge is -2.13. The predicted octanol–water partition coefficient (Wildman–Crippen LogP) is 4.26. The highest BCUT2D eigenvalue weighted by molar-refractivity contribution is 14.0. The summed E-state index contributed by atoms with van der Waals surface area (Å²) >= 11 is 7.03. The maximum absolute atomic E-state index is 12.6. The first-order chi connectivity index (χ1) is 12.8. The van der Waals surface area contributed by atoms with Crippen molar-refractivity contribution in [3.8, 4) is 0 Å². The van der Waals surface area contributed by atoms with Crippen LogP contribution in [-0.4, -0.2) is 35.7 Å². The molecule has 0 fully saturated rings. The van der Waals surface area contributed by atoms with Crippen molar-refractivity contribution < 1.29 is 18.3 Å². The summed E-state index contributed by atoms with van der Waals surface area (Å²) < 4.78 is 37.7. The Kier molecular flexibility index (Phi) is 10.5. The Hall–Kier alpha value is -1.11. The van der Waals surface area contributed by atoms with E-state index >= 15 is 0 Å². The van der Waals surface area contributed by atoms with E-state index in [9.17, 15) is 18.3 Å². The lowest BCUT2D eigenvalue weighted by Crippen LogP contribution is -2.38. The summed E-state index contributed by atoms with van der Waals surface area (Å²) in [5.74, 6) is 0.455. The average molecular weight is 549 g/mol. The zero-order valence-corrected chi connectivity index (χ0v) is 18.9. The minimum atomic E-state index is -4.42. The summed E-state index contributed by atoms with van der Waals surface area (Å²) in [5, 5.41) is 18.1. The highest BCUT2D eigenvalue weighted by atomic mass is 127. The third-order valence-corrected chi connectivity index (χ3v) is 4.76. The molecule has 0 spiro atoms. The third-order valence-electron chi connectivity index (χ3n) is 3.50. The number of halogens is 5. The van der Waals surface area contributed by atoms with Crippen molar-refractivity contribution in [2.45, 2.75) is 25.6 Å². The summed E-state index contributed by atoms with van der Waals surface area (Å²) in [7, 11) is 0. The van der Waals surface area contributed by atoms with Gasteiger partial charge in [0.2, 0.25) is 0 Å². The van der Waals surface area contributed by atoms with Crippen molar-refractivity contribution in [1.29, 1.82) is 0 Å². The van der Waals surface area contributed by atoms with Crippen molar-refractivity contribution >= 4 is 52.9 Å². The van der Waals surface area contributed by atoms with Crippen LogP contribution in [0, 0.1) is 0 Å². The van der Waals surface area contributed by atoms with Crippen LogP contribution in [0.25, 0.3) is 0 Å². The number of aliphatic imine (C=N–C) groups is 1. The van der Waals surface area contributed by atoms with Crippen LogP contribution in [-0.2, 0) is 12.6 Å². The smallest absolute Gasteiger partial charge is 0.386 e. The molecule has 1 unspecified atom stereocenters. The number of guanidine groups is 1. The fraction of sp³-hybridized carbons (Fsp3) is 0.412. The normalized spacial score (nSPS) is 13.0. The SMILES string of the molecule is CCNC(=NCC(O)c1ccccc1Cl)NCCc1nc(C(F)(F)F)cs1.I. The summed E-state index contributed by atoms with van der Waals surface area (Å²) in [5.41, 5.74) is -0.285. The van der Waals surface area contributed by atoms with E-state index in [2.05, 4.69) is 20.6 Å². The number of benzene rings is 1. The zero-order chi connectivity index (χ0) is 19.9. The van der Waals surface area contributed by atoms with Crippen molar-refractivity contribution in [3.05, 3.63) is 50.9 Å². The van der Waals surface area contributed by atoms with Crippen molar-refractivity contribution in [1.82, 2.24) is 15.6 Å². The van der Waals surface area contributed by atoms with Crippen LogP contribution in [0.5, 0.6) is 0 Å². The van der Waals surface area contributed by atoms with Gasteiger partial charge in [-0.05, 0) is 13.0 Å². The van der Waals surface area contributed by atoms with E-state index in [0.717, 1.165) is 16.7 Å². The second-order valence-corrected chi connectivity index (χ2v) is 6.91. The molecule has 0 saturated carbocycles. The summed E-state index contributed by atoms with van der Waals surface area (Å²) in [6.07, 6.45) is -4.95. The molecule has 11 heteroatoms. The second kappa shape index (κ2) is 11.8. The maximum atomic E-state index is 12.6. The minimum Gasteiger partial charge on any atom is -0.386 e. The largest absolute Gasteiger partial charge is 0.434 e. The maximum Gasteiger partial charge on any atom is 0.434 e. The number of alkyl halides is 3. The van der Waals surface area contributed by atoms with Gasteiger partial charge >= 0.3 is 6.18 Å². The zero-order valence-electron chi connectivity index (χ0n) is 15.0. The molecule has 0 bridgehead atoms. The topological polar surface area (TPSA) is 69.5 Å². The molecule has 28 heavy (non-hydrogen) atoms. The number of nitrogens with zero attached hydrogens (tertiary/aromatic N) is 2. The molecule has 0 saturated heterocycles. The van der Waals surface area contributed by atoms with E-state index in [0.29, 0.717) is 41.1 Å². The average Bonchev–Trinajstić information content (AvgIpc) is 3.09. The molecule has 1 atom stereocenters. The van der Waals surface area contributed by atoms with Crippen LogP contribution < -0.4 is 10.6 Å². The van der Waals surface area contributed by atoms with E-state index in [1.54, 1.807) is 24.3 Å². The minimum absolute atomic E-state index is 0. The Morgan fingerprint density at radius 3 is 2.64 bits per heavy atom. The molecule has 1 aromatic heterocycles. The quantitative estimate of drug-likeness (QED) is 0.275. The number of rotatable bonds is 7. The monoisotopic (exact) mass is 548 g/mol. The summed E-state index contributed by atoms with van der Waals surface area (Å²) in [6, 6.07) is 6.97. The Morgan fingerprint density at radius 2 is 2.04 bits per heavy atom. The molecule has 1 heterocycles. The van der Waals surface area contributed by atoms with Crippen molar-refractivity contribution in [2.24, 2.45) is 4.99 Å². The van der Waals surface area contributed by atoms with E-state index in [1.807, 2.05) is 6.92 Å². The molecule has 0 aliphatic heterocycles.